The molecule has 1 saturated heterocycles. The summed E-state index contributed by atoms with van der Waals surface area (Å²) in [7, 11) is 2.51. The number of benzene rings is 3. The second-order valence-corrected chi connectivity index (χ2v) is 14.3. The molecular formula is C41H48N8O7. The Labute approximate surface area is 324 Å². The minimum Gasteiger partial charge on any atom is -0.453 e. The number of hydrogen-bond donors (Lipinski definition) is 5. The summed E-state index contributed by atoms with van der Waals surface area (Å²) >= 11 is 0. The van der Waals surface area contributed by atoms with Crippen molar-refractivity contribution in [1.29, 1.82) is 0 Å². The highest BCUT2D eigenvalue weighted by atomic mass is 16.5. The predicted molar refractivity (Wildman–Crippen MR) is 212 cm³/mol. The molecule has 2 atom stereocenters. The van der Waals surface area contributed by atoms with Crippen LogP contribution in [-0.4, -0.2) is 102 Å². The molecule has 2 aromatic heterocycles. The molecule has 1 aliphatic heterocycles. The molecule has 5 amide bonds. The van der Waals surface area contributed by atoms with Crippen LogP contribution in [0.4, 0.5) is 9.59 Å². The normalized spacial score (nSPS) is 14.5. The Kier molecular flexibility index (Phi) is 12.6. The van der Waals surface area contributed by atoms with E-state index in [0.29, 0.717) is 25.2 Å². The number of fused-ring (bicyclic) bond motifs is 4. The van der Waals surface area contributed by atoms with Crippen LogP contribution in [0.25, 0.3) is 43.8 Å². The Hall–Kier alpha value is -6.25. The first-order valence-corrected chi connectivity index (χ1v) is 18.9. The van der Waals surface area contributed by atoms with Gasteiger partial charge in [-0.2, -0.15) is 0 Å². The second kappa shape index (κ2) is 17.9. The monoisotopic (exact) mass is 764 g/mol. The van der Waals surface area contributed by atoms with Gasteiger partial charge in [-0.3, -0.25) is 19.4 Å². The van der Waals surface area contributed by atoms with E-state index < -0.39 is 18.2 Å². The van der Waals surface area contributed by atoms with Crippen LogP contribution in [0.1, 0.15) is 55.7 Å². The van der Waals surface area contributed by atoms with Crippen LogP contribution in [0.5, 0.6) is 0 Å². The zero-order chi connectivity index (χ0) is 39.8. The molecule has 2 unspecified atom stereocenters. The number of unbranched alkanes of at least 4 members (excludes halogenated alkanes) is 1. The van der Waals surface area contributed by atoms with Crippen molar-refractivity contribution in [2.75, 3.05) is 40.4 Å². The summed E-state index contributed by atoms with van der Waals surface area (Å²) in [6.45, 7) is 4.96. The molecule has 5 N–H and O–H groups in total. The number of rotatable bonds is 14. The molecule has 0 spiro atoms. The number of pyridine rings is 1. The van der Waals surface area contributed by atoms with Gasteiger partial charge in [0, 0.05) is 49.1 Å². The highest BCUT2D eigenvalue weighted by molar-refractivity contribution is 6.05. The fourth-order valence-corrected chi connectivity index (χ4v) is 7.04. The summed E-state index contributed by atoms with van der Waals surface area (Å²) in [5.74, 6) is 0.0253. The molecule has 0 bridgehead atoms. The maximum atomic E-state index is 13.4. The van der Waals surface area contributed by atoms with E-state index in [1.807, 2.05) is 44.2 Å². The van der Waals surface area contributed by atoms with Gasteiger partial charge in [-0.25, -0.2) is 14.6 Å². The van der Waals surface area contributed by atoms with Gasteiger partial charge < -0.3 is 40.6 Å². The van der Waals surface area contributed by atoms with Crippen molar-refractivity contribution in [2.45, 2.75) is 58.0 Å². The van der Waals surface area contributed by atoms with Crippen molar-refractivity contribution in [2.24, 2.45) is 5.92 Å². The summed E-state index contributed by atoms with van der Waals surface area (Å²) in [5.41, 5.74) is 5.07. The van der Waals surface area contributed by atoms with Crippen molar-refractivity contribution in [3.63, 3.8) is 0 Å². The van der Waals surface area contributed by atoms with Crippen LogP contribution < -0.4 is 21.3 Å². The van der Waals surface area contributed by atoms with Crippen LogP contribution in [0.2, 0.25) is 0 Å². The highest BCUT2D eigenvalue weighted by Crippen LogP contribution is 2.31. The maximum absolute atomic E-state index is 13.4. The minimum absolute atomic E-state index is 0.127. The lowest BCUT2D eigenvalue weighted by Gasteiger charge is -2.30. The number of carbonyl (C=O) groups is 5. The number of likely N-dealkylation sites (tertiary alicyclic amines) is 1. The first-order valence-electron chi connectivity index (χ1n) is 18.9. The molecule has 0 aliphatic carbocycles. The van der Waals surface area contributed by atoms with Crippen molar-refractivity contribution in [3.05, 3.63) is 72.2 Å². The minimum atomic E-state index is -0.716. The molecule has 6 rings (SSSR count). The molecule has 56 heavy (non-hydrogen) atoms. The number of alkyl carbamates (subject to hydrolysis) is 2. The van der Waals surface area contributed by atoms with E-state index in [-0.39, 0.29) is 36.2 Å². The number of hydrogen-bond acceptors (Lipinski definition) is 9. The van der Waals surface area contributed by atoms with E-state index in [0.717, 1.165) is 81.8 Å². The number of carbonyl (C=O) groups excluding carboxylic acids is 5. The zero-order valence-corrected chi connectivity index (χ0v) is 32.1. The number of H-pyrrole nitrogens is 1. The van der Waals surface area contributed by atoms with Gasteiger partial charge in [0.1, 0.15) is 11.9 Å². The van der Waals surface area contributed by atoms with Gasteiger partial charge in [-0.05, 0) is 72.4 Å². The number of aromatic nitrogens is 3. The molecule has 0 radical (unpaired) electrons. The Bertz CT molecular complexity index is 2250. The number of aryl methyl sites for hydroxylation is 1. The van der Waals surface area contributed by atoms with E-state index in [4.69, 9.17) is 9.72 Å². The predicted octanol–water partition coefficient (Wildman–Crippen LogP) is 4.83. The summed E-state index contributed by atoms with van der Waals surface area (Å²) in [6, 6.07) is 17.3. The van der Waals surface area contributed by atoms with Gasteiger partial charge in [0.2, 0.25) is 11.8 Å². The Morgan fingerprint density at radius 2 is 1.66 bits per heavy atom. The molecule has 1 aliphatic rings. The first-order chi connectivity index (χ1) is 27.0. The highest BCUT2D eigenvalue weighted by Gasteiger charge is 2.35. The molecule has 294 valence electrons. The third kappa shape index (κ3) is 9.33. The number of aromatic amines is 1. The van der Waals surface area contributed by atoms with Crippen LogP contribution >= 0.6 is 0 Å². The first kappa shape index (κ1) is 39.4. The molecule has 15 heteroatoms. The standard InChI is InChI=1S/C41H48N8O7/c1-24(2)36(48-41(54)56-4)39(52)49-17-7-8-30(49)22-44-38(51)29-19-28-11-10-26(20-33(28)43-21-29)25-12-14-31-27(18-25)13-15-32-37(31)47-34(46-32)9-5-6-16-42-35(50)23-45-40(53)55-3/h10-15,18-21,24,30,36H,5-9,16-17,22-23H2,1-4H3,(H,42,50)(H,44,51)(H,45,53)(H,46,47)(H,48,54). The summed E-state index contributed by atoms with van der Waals surface area (Å²) < 4.78 is 9.18. The fourth-order valence-electron chi connectivity index (χ4n) is 7.04. The van der Waals surface area contributed by atoms with Crippen molar-refractivity contribution in [3.8, 4) is 11.1 Å². The topological polar surface area (TPSA) is 197 Å². The number of nitrogens with one attached hydrogen (secondary N) is 5. The van der Waals surface area contributed by atoms with E-state index in [1.165, 1.54) is 14.2 Å². The molecule has 15 nitrogen and oxygen atoms in total. The number of nitrogens with zero attached hydrogens (tertiary/aromatic N) is 3. The molecule has 0 saturated carbocycles. The lowest BCUT2D eigenvalue weighted by atomic mass is 9.99. The molecule has 3 heterocycles. The Balaban J connectivity index is 1.06. The third-order valence-corrected chi connectivity index (χ3v) is 10.1. The number of methoxy groups -OCH3 is 2. The van der Waals surface area contributed by atoms with E-state index >= 15 is 0 Å². The fraction of sp³-hybridized carbons (Fsp3) is 0.390. The van der Waals surface area contributed by atoms with Crippen molar-refractivity contribution >= 4 is 62.6 Å². The average molecular weight is 765 g/mol. The van der Waals surface area contributed by atoms with Crippen LogP contribution in [0.15, 0.2) is 60.8 Å². The van der Waals surface area contributed by atoms with Gasteiger partial charge in [-0.15, -0.1) is 0 Å². The van der Waals surface area contributed by atoms with E-state index in [9.17, 15) is 24.0 Å². The Morgan fingerprint density at radius 3 is 2.45 bits per heavy atom. The average Bonchev–Trinajstić information content (AvgIpc) is 3.87. The van der Waals surface area contributed by atoms with Crippen LogP contribution in [-0.2, 0) is 25.5 Å². The van der Waals surface area contributed by atoms with Gasteiger partial charge in [-0.1, -0.05) is 44.2 Å². The smallest absolute Gasteiger partial charge is 0.407 e. The van der Waals surface area contributed by atoms with Gasteiger partial charge in [0.15, 0.2) is 0 Å². The molecule has 1 fully saturated rings. The third-order valence-electron chi connectivity index (χ3n) is 10.1. The summed E-state index contributed by atoms with van der Waals surface area (Å²) in [5, 5.41) is 13.7. The summed E-state index contributed by atoms with van der Waals surface area (Å²) in [4.78, 5) is 76.1. The van der Waals surface area contributed by atoms with Gasteiger partial charge in [0.25, 0.3) is 5.91 Å². The lowest BCUT2D eigenvalue weighted by molar-refractivity contribution is -0.135. The van der Waals surface area contributed by atoms with Crippen molar-refractivity contribution in [1.82, 2.24) is 41.1 Å². The van der Waals surface area contributed by atoms with Gasteiger partial charge >= 0.3 is 12.2 Å². The van der Waals surface area contributed by atoms with E-state index in [1.54, 1.807) is 11.1 Å². The quantitative estimate of drug-likeness (QED) is 0.0985. The van der Waals surface area contributed by atoms with Crippen molar-refractivity contribution < 1.29 is 33.4 Å². The Morgan fingerprint density at radius 1 is 0.893 bits per heavy atom. The number of ether oxygens (including phenoxy) is 2. The van der Waals surface area contributed by atoms with E-state index in [2.05, 4.69) is 60.2 Å². The number of amides is 5. The second-order valence-electron chi connectivity index (χ2n) is 14.3. The lowest BCUT2D eigenvalue weighted by Crippen LogP contribution is -2.54. The molecular weight excluding hydrogens is 716 g/mol. The van der Waals surface area contributed by atoms with Gasteiger partial charge in [0.05, 0.1) is 42.9 Å². The zero-order valence-electron chi connectivity index (χ0n) is 32.1. The molecule has 3 aromatic carbocycles. The largest absolute Gasteiger partial charge is 0.453 e. The number of imidazole rings is 1. The SMILES string of the molecule is COC(=O)NCC(=O)NCCCCc1nc2c(ccc3cc(-c4ccc5cc(C(=O)NCC6CCCN6C(=O)C(NC(=O)OC)C(C)C)cnc5c4)ccc32)[nH]1. The maximum Gasteiger partial charge on any atom is 0.407 e. The van der Waals surface area contributed by atoms with Crippen LogP contribution in [0.3, 0.4) is 0 Å². The summed E-state index contributed by atoms with van der Waals surface area (Å²) in [6.07, 6.45) is 4.16. The van der Waals surface area contributed by atoms with Crippen LogP contribution in [0, 0.1) is 5.92 Å². The molecule has 5 aromatic rings.